The Bertz CT molecular complexity index is 46.1. The first-order valence-electron chi connectivity index (χ1n) is 1.81. The van der Waals surface area contributed by atoms with Crippen molar-refractivity contribution in [3.63, 3.8) is 0 Å². The second kappa shape index (κ2) is 5.16. The topological polar surface area (TPSA) is 87.1 Å². The van der Waals surface area contributed by atoms with Gasteiger partial charge in [0.2, 0.25) is 0 Å². The van der Waals surface area contributed by atoms with E-state index < -0.39 is 0 Å². The molecule has 0 aromatic heterocycles. The van der Waals surface area contributed by atoms with E-state index in [9.17, 15) is 0 Å². The van der Waals surface area contributed by atoms with Crippen molar-refractivity contribution < 1.29 is 10.4 Å². The number of hydrogen-bond donors (Lipinski definition) is 3. The summed E-state index contributed by atoms with van der Waals surface area (Å²) in [4.78, 5) is 0. The molecule has 1 rings (SSSR count). The molecule has 1 saturated heterocycles. The van der Waals surface area contributed by atoms with Gasteiger partial charge in [-0.2, -0.15) is 0 Å². The number of nitrogens with zero attached hydrogens (tertiary/aromatic N) is 2. The number of rotatable bonds is 0. The standard InChI is InChI=1S/C2H5N.H2N2O2/c1-2-3-1;3-1-2-4/h3H,1-2H2;(H,1,4)(H,2,3). The summed E-state index contributed by atoms with van der Waals surface area (Å²) in [7, 11) is 0. The van der Waals surface area contributed by atoms with Gasteiger partial charge in [0.1, 0.15) is 0 Å². The lowest BCUT2D eigenvalue weighted by atomic mass is 11.0. The molecule has 0 aromatic rings. The van der Waals surface area contributed by atoms with Crippen molar-refractivity contribution in [2.45, 2.75) is 0 Å². The lowest BCUT2D eigenvalue weighted by Gasteiger charge is -1.53. The molecular formula is C2H7N3O2. The zero-order valence-corrected chi connectivity index (χ0v) is 3.70. The molecule has 3 N–H and O–H groups in total. The molecule has 1 fully saturated rings. The summed E-state index contributed by atoms with van der Waals surface area (Å²) in [5, 5.41) is 21.0. The number of hydrogen-bond acceptors (Lipinski definition) is 3. The van der Waals surface area contributed by atoms with Crippen LogP contribution in [0.1, 0.15) is 0 Å². The highest BCUT2D eigenvalue weighted by Gasteiger charge is 1.91. The zero-order chi connectivity index (χ0) is 5.54. The molecule has 0 aromatic carbocycles. The van der Waals surface area contributed by atoms with E-state index in [4.69, 9.17) is 10.4 Å². The Hall–Kier alpha value is -0.840. The van der Waals surface area contributed by atoms with Gasteiger partial charge in [-0.15, -0.1) is 0 Å². The molecule has 5 nitrogen and oxygen atoms in total. The van der Waals surface area contributed by atoms with Gasteiger partial charge in [-0.05, 0) is 0 Å². The van der Waals surface area contributed by atoms with Crippen molar-refractivity contribution in [1.29, 1.82) is 0 Å². The average Bonchev–Trinajstić information content (AvgIpc) is 2.47. The largest absolute Gasteiger partial charge is 0.392 e. The maximum absolute atomic E-state index is 7.08. The smallest absolute Gasteiger partial charge is 0.0606 e. The van der Waals surface area contributed by atoms with Gasteiger partial charge in [0.05, 0.1) is 10.6 Å². The fourth-order valence-electron chi connectivity index (χ4n) is 0. The van der Waals surface area contributed by atoms with Crippen molar-refractivity contribution >= 4 is 0 Å². The Morgan fingerprint density at radius 3 is 1.43 bits per heavy atom. The van der Waals surface area contributed by atoms with Crippen molar-refractivity contribution in [1.82, 2.24) is 5.32 Å². The van der Waals surface area contributed by atoms with Gasteiger partial charge < -0.3 is 15.7 Å². The quantitative estimate of drug-likeness (QED) is 0.226. The third-order valence-electron chi connectivity index (χ3n) is 0.290. The molecule has 0 spiro atoms. The Morgan fingerprint density at radius 2 is 1.43 bits per heavy atom. The molecule has 0 saturated carbocycles. The van der Waals surface area contributed by atoms with E-state index >= 15 is 0 Å². The van der Waals surface area contributed by atoms with Gasteiger partial charge in [0.15, 0.2) is 0 Å². The summed E-state index contributed by atoms with van der Waals surface area (Å²) in [6, 6.07) is 0. The van der Waals surface area contributed by atoms with Crippen LogP contribution < -0.4 is 5.32 Å². The molecule has 0 unspecified atom stereocenters. The van der Waals surface area contributed by atoms with E-state index in [1.807, 2.05) is 10.6 Å². The normalized spacial score (nSPS) is 15.4. The molecule has 0 amide bonds. The van der Waals surface area contributed by atoms with Gasteiger partial charge in [-0.3, -0.25) is 0 Å². The van der Waals surface area contributed by atoms with E-state index in [2.05, 4.69) is 5.32 Å². The van der Waals surface area contributed by atoms with Crippen LogP contribution in [-0.4, -0.2) is 23.5 Å². The van der Waals surface area contributed by atoms with Gasteiger partial charge >= 0.3 is 0 Å². The Kier molecular flexibility index (Phi) is 4.54. The minimum absolute atomic E-state index is 1.25. The van der Waals surface area contributed by atoms with E-state index in [1.165, 1.54) is 13.1 Å². The van der Waals surface area contributed by atoms with Gasteiger partial charge in [-0.25, -0.2) is 0 Å². The molecule has 42 valence electrons. The van der Waals surface area contributed by atoms with Crippen LogP contribution in [0.15, 0.2) is 10.6 Å². The average molecular weight is 105 g/mol. The van der Waals surface area contributed by atoms with Gasteiger partial charge in [-0.1, -0.05) is 0 Å². The minimum Gasteiger partial charge on any atom is -0.392 e. The minimum atomic E-state index is 1.25. The van der Waals surface area contributed by atoms with Crippen LogP contribution in [0.2, 0.25) is 0 Å². The van der Waals surface area contributed by atoms with Crippen molar-refractivity contribution in [2.24, 2.45) is 10.6 Å². The van der Waals surface area contributed by atoms with Crippen LogP contribution >= 0.6 is 0 Å². The lowest BCUT2D eigenvalue weighted by molar-refractivity contribution is 0.177. The highest BCUT2D eigenvalue weighted by molar-refractivity contribution is 4.58. The maximum atomic E-state index is 7.08. The molecule has 1 heterocycles. The molecule has 0 radical (unpaired) electrons. The third-order valence-corrected chi connectivity index (χ3v) is 0.290. The van der Waals surface area contributed by atoms with Gasteiger partial charge in [0, 0.05) is 13.1 Å². The Morgan fingerprint density at radius 1 is 1.14 bits per heavy atom. The van der Waals surface area contributed by atoms with Crippen LogP contribution in [0.25, 0.3) is 0 Å². The fraction of sp³-hybridized carbons (Fsp3) is 1.00. The summed E-state index contributed by atoms with van der Waals surface area (Å²) >= 11 is 0. The SMILES string of the molecule is C1CN1.ON=NO. The highest BCUT2D eigenvalue weighted by Crippen LogP contribution is 1.65. The third kappa shape index (κ3) is 38.3. The van der Waals surface area contributed by atoms with Crippen LogP contribution in [0.3, 0.4) is 0 Å². The predicted octanol–water partition coefficient (Wildman–Crippen LogP) is -0.193. The van der Waals surface area contributed by atoms with Crippen LogP contribution in [0.5, 0.6) is 0 Å². The van der Waals surface area contributed by atoms with E-state index in [0.717, 1.165) is 0 Å². The highest BCUT2D eigenvalue weighted by atomic mass is 16.5. The summed E-state index contributed by atoms with van der Waals surface area (Å²) in [6.45, 7) is 2.50. The van der Waals surface area contributed by atoms with Crippen molar-refractivity contribution in [3.8, 4) is 0 Å². The van der Waals surface area contributed by atoms with E-state index in [0.29, 0.717) is 0 Å². The summed E-state index contributed by atoms with van der Waals surface area (Å²) in [6.07, 6.45) is 0. The second-order valence-electron chi connectivity index (χ2n) is 0.929. The summed E-state index contributed by atoms with van der Waals surface area (Å²) in [5.74, 6) is 0. The predicted molar refractivity (Wildman–Crippen MR) is 21.3 cm³/mol. The zero-order valence-electron chi connectivity index (χ0n) is 3.70. The van der Waals surface area contributed by atoms with Crippen molar-refractivity contribution in [2.75, 3.05) is 13.1 Å². The molecule has 7 heavy (non-hydrogen) atoms. The molecule has 5 heteroatoms. The van der Waals surface area contributed by atoms with Crippen LogP contribution in [0.4, 0.5) is 0 Å². The molecule has 1 aliphatic heterocycles. The maximum Gasteiger partial charge on any atom is 0.0606 e. The van der Waals surface area contributed by atoms with Gasteiger partial charge in [0.25, 0.3) is 0 Å². The molecular weight excluding hydrogens is 98.0 g/mol. The molecule has 1 aliphatic rings. The van der Waals surface area contributed by atoms with E-state index in [1.54, 1.807) is 0 Å². The first-order valence-corrected chi connectivity index (χ1v) is 1.81. The first-order chi connectivity index (χ1) is 3.41. The van der Waals surface area contributed by atoms with E-state index in [-0.39, 0.29) is 0 Å². The van der Waals surface area contributed by atoms with Crippen molar-refractivity contribution in [3.05, 3.63) is 0 Å². The first kappa shape index (κ1) is 6.16. The monoisotopic (exact) mass is 105 g/mol. The summed E-state index contributed by atoms with van der Waals surface area (Å²) in [5.41, 5.74) is 0. The molecule has 0 aliphatic carbocycles. The summed E-state index contributed by atoms with van der Waals surface area (Å²) < 4.78 is 0. The lowest BCUT2D eigenvalue weighted by Crippen LogP contribution is -1.56. The Labute approximate surface area is 40.6 Å². The van der Waals surface area contributed by atoms with Crippen LogP contribution in [0, 0.1) is 0 Å². The van der Waals surface area contributed by atoms with Crippen LogP contribution in [-0.2, 0) is 0 Å². The fourth-order valence-corrected chi connectivity index (χ4v) is 0. The second-order valence-corrected chi connectivity index (χ2v) is 0.929. The Balaban J connectivity index is 0.000000105. The number of nitrogens with one attached hydrogen (secondary N) is 1. The molecule has 0 bridgehead atoms. The molecule has 0 atom stereocenters.